The van der Waals surface area contributed by atoms with Crippen LogP contribution in [-0.4, -0.2) is 35.5 Å². The number of anilines is 1. The first-order valence-corrected chi connectivity index (χ1v) is 7.95. The van der Waals surface area contributed by atoms with Crippen LogP contribution in [0.15, 0.2) is 4.34 Å². The number of sulfonamides is 1. The third-order valence-corrected chi connectivity index (χ3v) is 4.51. The molecule has 0 fully saturated rings. The Kier molecular flexibility index (Phi) is 5.01. The van der Waals surface area contributed by atoms with Crippen molar-refractivity contribution in [3.63, 3.8) is 0 Å². The fourth-order valence-electron chi connectivity index (χ4n) is 0.754. The monoisotopic (exact) mass is 376 g/mol. The van der Waals surface area contributed by atoms with E-state index in [0.29, 0.717) is 11.0 Å². The molecule has 0 atom stereocenters. The molecule has 0 radical (unpaired) electrons. The van der Waals surface area contributed by atoms with E-state index in [2.05, 4.69) is 42.8 Å². The maximum absolute atomic E-state index is 11.6. The molecule has 0 bridgehead atoms. The zero-order valence-electron chi connectivity index (χ0n) is 8.23. The number of hydrogen-bond donors (Lipinski definition) is 2. The van der Waals surface area contributed by atoms with E-state index < -0.39 is 10.0 Å². The van der Waals surface area contributed by atoms with Crippen LogP contribution in [0.5, 0.6) is 0 Å². The number of nitrogens with zero attached hydrogens (tertiary/aromatic N) is 2. The van der Waals surface area contributed by atoms with Gasteiger partial charge in [-0.2, -0.15) is 0 Å². The molecule has 0 aliphatic heterocycles. The smallest absolute Gasteiger partial charge is 0.269 e. The molecule has 1 heterocycles. The van der Waals surface area contributed by atoms with Crippen LogP contribution in [-0.2, 0) is 14.8 Å². The lowest BCUT2D eigenvalue weighted by Crippen LogP contribution is -2.25. The summed E-state index contributed by atoms with van der Waals surface area (Å²) in [5, 5.41) is 9.58. The van der Waals surface area contributed by atoms with Gasteiger partial charge in [0.1, 0.15) is 0 Å². The molecule has 7 nitrogen and oxygen atoms in total. The molecular weight excluding hydrogens is 367 g/mol. The highest BCUT2D eigenvalue weighted by atomic mass is 127. The van der Waals surface area contributed by atoms with Crippen molar-refractivity contribution in [3.8, 4) is 0 Å². The van der Waals surface area contributed by atoms with E-state index in [9.17, 15) is 13.2 Å². The summed E-state index contributed by atoms with van der Waals surface area (Å²) in [7, 11) is -3.60. The van der Waals surface area contributed by atoms with E-state index in [1.54, 1.807) is 0 Å². The predicted molar refractivity (Wildman–Crippen MR) is 68.3 cm³/mol. The number of carbonyl (C=O) groups excluding carboxylic acids is 1. The first-order chi connectivity index (χ1) is 7.45. The van der Waals surface area contributed by atoms with E-state index in [-0.39, 0.29) is 15.4 Å². The van der Waals surface area contributed by atoms with Gasteiger partial charge in [-0.15, -0.1) is 10.2 Å². The molecule has 10 heteroatoms. The van der Waals surface area contributed by atoms with Gasteiger partial charge >= 0.3 is 0 Å². The summed E-state index contributed by atoms with van der Waals surface area (Å²) >= 11 is 2.86. The van der Waals surface area contributed by atoms with E-state index in [4.69, 9.17) is 0 Å². The lowest BCUT2D eigenvalue weighted by Gasteiger charge is -1.99. The van der Waals surface area contributed by atoms with Gasteiger partial charge in [-0.3, -0.25) is 4.79 Å². The summed E-state index contributed by atoms with van der Waals surface area (Å²) in [6.07, 6.45) is 0. The van der Waals surface area contributed by atoms with Gasteiger partial charge in [0, 0.05) is 17.9 Å². The fraction of sp³-hybridized carbons (Fsp3) is 0.500. The number of carbonyl (C=O) groups is 1. The Morgan fingerprint density at radius 3 is 2.75 bits per heavy atom. The Hall–Kier alpha value is -0.330. The Labute approximate surface area is 110 Å². The third kappa shape index (κ3) is 3.92. The molecule has 0 saturated heterocycles. The number of halogens is 1. The van der Waals surface area contributed by atoms with Crippen LogP contribution in [0.3, 0.4) is 0 Å². The number of hydrogen-bond acceptors (Lipinski definition) is 6. The van der Waals surface area contributed by atoms with Crippen LogP contribution in [0.4, 0.5) is 5.13 Å². The normalized spacial score (nSPS) is 11.4. The molecular formula is C6H9IN4O3S2. The van der Waals surface area contributed by atoms with E-state index in [1.165, 1.54) is 6.92 Å². The molecule has 2 N–H and O–H groups in total. The number of alkyl halides is 1. The second kappa shape index (κ2) is 5.84. The lowest BCUT2D eigenvalue weighted by atomic mass is 10.7. The molecule has 1 amide bonds. The first-order valence-electron chi connectivity index (χ1n) is 4.12. The topological polar surface area (TPSA) is 101 Å². The summed E-state index contributed by atoms with van der Waals surface area (Å²) in [5.41, 5.74) is 0. The Balaban J connectivity index is 2.80. The van der Waals surface area contributed by atoms with Crippen LogP contribution in [0.25, 0.3) is 0 Å². The van der Waals surface area contributed by atoms with Crippen LogP contribution < -0.4 is 10.0 Å². The van der Waals surface area contributed by atoms with Crippen LogP contribution in [0.1, 0.15) is 6.92 Å². The fourth-order valence-corrected chi connectivity index (χ4v) is 3.41. The minimum atomic E-state index is -3.60. The second-order valence-electron chi connectivity index (χ2n) is 2.64. The first kappa shape index (κ1) is 13.7. The number of rotatable bonds is 5. The molecule has 1 aromatic heterocycles. The Morgan fingerprint density at radius 1 is 1.50 bits per heavy atom. The molecule has 0 saturated carbocycles. The van der Waals surface area contributed by atoms with Crippen molar-refractivity contribution in [2.45, 2.75) is 11.3 Å². The minimum Gasteiger partial charge on any atom is -0.301 e. The summed E-state index contributed by atoms with van der Waals surface area (Å²) in [4.78, 5) is 10.7. The van der Waals surface area contributed by atoms with Crippen molar-refractivity contribution in [2.24, 2.45) is 0 Å². The summed E-state index contributed by atoms with van der Waals surface area (Å²) in [6, 6.07) is 0. The molecule has 0 aliphatic rings. The highest BCUT2D eigenvalue weighted by Gasteiger charge is 2.19. The van der Waals surface area contributed by atoms with Crippen molar-refractivity contribution in [3.05, 3.63) is 0 Å². The highest BCUT2D eigenvalue weighted by molar-refractivity contribution is 14.1. The number of amides is 1. The van der Waals surface area contributed by atoms with Gasteiger partial charge in [-0.05, 0) is 0 Å². The van der Waals surface area contributed by atoms with Gasteiger partial charge in [-0.25, -0.2) is 13.1 Å². The molecule has 90 valence electrons. The summed E-state index contributed by atoms with van der Waals surface area (Å²) in [5.74, 6) is -0.319. The van der Waals surface area contributed by atoms with Gasteiger partial charge in [-0.1, -0.05) is 33.9 Å². The molecule has 0 aliphatic carbocycles. The van der Waals surface area contributed by atoms with Crippen molar-refractivity contribution in [1.82, 2.24) is 14.9 Å². The maximum Gasteiger partial charge on any atom is 0.269 e. The number of aromatic nitrogens is 2. The van der Waals surface area contributed by atoms with E-state index in [0.717, 1.165) is 11.3 Å². The quantitative estimate of drug-likeness (QED) is 0.435. The molecule has 1 aromatic rings. The highest BCUT2D eigenvalue weighted by Crippen LogP contribution is 2.19. The van der Waals surface area contributed by atoms with Gasteiger partial charge in [0.2, 0.25) is 15.4 Å². The van der Waals surface area contributed by atoms with Crippen LogP contribution >= 0.6 is 33.9 Å². The average molecular weight is 376 g/mol. The van der Waals surface area contributed by atoms with E-state index in [1.807, 2.05) is 0 Å². The van der Waals surface area contributed by atoms with Gasteiger partial charge in [0.05, 0.1) is 0 Å². The Morgan fingerprint density at radius 2 is 2.19 bits per heavy atom. The molecule has 16 heavy (non-hydrogen) atoms. The van der Waals surface area contributed by atoms with Crippen LogP contribution in [0.2, 0.25) is 0 Å². The van der Waals surface area contributed by atoms with Crippen LogP contribution in [0, 0.1) is 0 Å². The third-order valence-electron chi connectivity index (χ3n) is 1.31. The molecule has 0 aromatic carbocycles. The van der Waals surface area contributed by atoms with E-state index >= 15 is 0 Å². The minimum absolute atomic E-state index is 0.152. The zero-order chi connectivity index (χ0) is 12.2. The average Bonchev–Trinajstić information content (AvgIpc) is 2.63. The molecule has 0 spiro atoms. The maximum atomic E-state index is 11.6. The Bertz CT molecular complexity index is 472. The van der Waals surface area contributed by atoms with Crippen molar-refractivity contribution in [1.29, 1.82) is 0 Å². The van der Waals surface area contributed by atoms with Crippen molar-refractivity contribution < 1.29 is 13.2 Å². The second-order valence-corrected chi connectivity index (χ2v) is 6.64. The largest absolute Gasteiger partial charge is 0.301 e. The van der Waals surface area contributed by atoms with Gasteiger partial charge in [0.15, 0.2) is 0 Å². The van der Waals surface area contributed by atoms with Gasteiger partial charge in [0.25, 0.3) is 10.0 Å². The van der Waals surface area contributed by atoms with Crippen molar-refractivity contribution >= 4 is 55.0 Å². The summed E-state index contributed by atoms with van der Waals surface area (Å²) in [6.45, 7) is 1.64. The summed E-state index contributed by atoms with van der Waals surface area (Å²) < 4.78 is 26.0. The molecule has 1 rings (SSSR count). The standard InChI is InChI=1S/C6H9IN4O3S2/c1-4(12)9-5-10-11-6(15-5)16(13,14)8-3-2-7/h8H,2-3H2,1H3,(H,9,10,12). The number of nitrogens with one attached hydrogen (secondary N) is 2. The van der Waals surface area contributed by atoms with Gasteiger partial charge < -0.3 is 5.32 Å². The predicted octanol–water partition coefficient (Wildman–Crippen LogP) is 0.210. The molecule has 0 unspecified atom stereocenters. The van der Waals surface area contributed by atoms with Crippen molar-refractivity contribution in [2.75, 3.05) is 16.3 Å². The lowest BCUT2D eigenvalue weighted by molar-refractivity contribution is -0.114. The SMILES string of the molecule is CC(=O)Nc1nnc(S(=O)(=O)NCCI)s1. The zero-order valence-corrected chi connectivity index (χ0v) is 12.0.